The fourth-order valence-electron chi connectivity index (χ4n) is 1.43. The first-order valence-corrected chi connectivity index (χ1v) is 6.49. The van der Waals surface area contributed by atoms with Gasteiger partial charge >= 0.3 is 0 Å². The van der Waals surface area contributed by atoms with Crippen molar-refractivity contribution in [2.45, 2.75) is 19.4 Å². The van der Waals surface area contributed by atoms with E-state index in [2.05, 4.69) is 12.4 Å². The smallest absolute Gasteiger partial charge is 0.119 e. The summed E-state index contributed by atoms with van der Waals surface area (Å²) in [5, 5.41) is 9.67. The number of benzene rings is 1. The zero-order valence-corrected chi connectivity index (χ0v) is 11.6. The summed E-state index contributed by atoms with van der Waals surface area (Å²) in [4.78, 5) is 5.04. The van der Waals surface area contributed by atoms with E-state index in [9.17, 15) is 5.11 Å². The van der Waals surface area contributed by atoms with Crippen LogP contribution in [-0.2, 0) is 16.0 Å². The molecule has 5 nitrogen and oxygen atoms in total. The second-order valence-electron chi connectivity index (χ2n) is 4.15. The minimum Gasteiger partial charge on any atom is -0.491 e. The molecule has 1 aromatic carbocycles. The van der Waals surface area contributed by atoms with Crippen molar-refractivity contribution >= 4 is 0 Å². The SMILES string of the molecule is CCc1ccc(OCC(O)CNOCCOC)cc1. The summed E-state index contributed by atoms with van der Waals surface area (Å²) in [6, 6.07) is 7.86. The van der Waals surface area contributed by atoms with Crippen LogP contribution in [0.5, 0.6) is 5.75 Å². The number of aliphatic hydroxyl groups excluding tert-OH is 1. The number of methoxy groups -OCH3 is 1. The molecule has 5 heteroatoms. The minimum absolute atomic E-state index is 0.228. The average Bonchev–Trinajstić information content (AvgIpc) is 2.45. The van der Waals surface area contributed by atoms with Crippen molar-refractivity contribution in [3.8, 4) is 5.75 Å². The maximum atomic E-state index is 9.67. The van der Waals surface area contributed by atoms with Crippen molar-refractivity contribution in [2.75, 3.05) is 33.5 Å². The molecule has 0 spiro atoms. The first kappa shape index (κ1) is 15.9. The number of hydrogen-bond donors (Lipinski definition) is 2. The predicted molar refractivity (Wildman–Crippen MR) is 73.2 cm³/mol. The van der Waals surface area contributed by atoms with Crippen LogP contribution < -0.4 is 10.2 Å². The molecule has 1 aromatic rings. The lowest BCUT2D eigenvalue weighted by Gasteiger charge is -2.13. The molecule has 2 N–H and O–H groups in total. The zero-order chi connectivity index (χ0) is 13.9. The molecule has 1 rings (SSSR count). The predicted octanol–water partition coefficient (Wildman–Crippen LogP) is 1.16. The average molecular weight is 269 g/mol. The molecular weight excluding hydrogens is 246 g/mol. The van der Waals surface area contributed by atoms with Crippen molar-refractivity contribution < 1.29 is 19.4 Å². The molecule has 0 aliphatic carbocycles. The van der Waals surface area contributed by atoms with Gasteiger partial charge < -0.3 is 14.6 Å². The third kappa shape index (κ3) is 7.12. The van der Waals surface area contributed by atoms with E-state index in [1.165, 1.54) is 5.56 Å². The third-order valence-corrected chi connectivity index (χ3v) is 2.58. The molecular formula is C14H23NO4. The zero-order valence-electron chi connectivity index (χ0n) is 11.6. The monoisotopic (exact) mass is 269 g/mol. The molecule has 0 saturated carbocycles. The molecule has 0 aliphatic rings. The molecule has 1 unspecified atom stereocenters. The number of rotatable bonds is 10. The first-order valence-electron chi connectivity index (χ1n) is 6.49. The third-order valence-electron chi connectivity index (χ3n) is 2.58. The molecule has 19 heavy (non-hydrogen) atoms. The fraction of sp³-hybridized carbons (Fsp3) is 0.571. The highest BCUT2D eigenvalue weighted by atomic mass is 16.7. The van der Waals surface area contributed by atoms with E-state index in [1.807, 2.05) is 24.3 Å². The lowest BCUT2D eigenvalue weighted by Crippen LogP contribution is -2.32. The molecule has 0 amide bonds. The van der Waals surface area contributed by atoms with Gasteiger partial charge in [-0.2, -0.15) is 5.48 Å². The Labute approximate surface area is 114 Å². The van der Waals surface area contributed by atoms with E-state index in [1.54, 1.807) is 7.11 Å². The van der Waals surface area contributed by atoms with Crippen LogP contribution in [0.2, 0.25) is 0 Å². The Bertz CT molecular complexity index is 329. The second kappa shape index (κ2) is 9.75. The number of nitrogens with one attached hydrogen (secondary N) is 1. The van der Waals surface area contributed by atoms with E-state index in [0.717, 1.165) is 12.2 Å². The summed E-state index contributed by atoms with van der Waals surface area (Å²) in [5.74, 6) is 0.761. The van der Waals surface area contributed by atoms with Crippen LogP contribution in [-0.4, -0.2) is 44.7 Å². The highest BCUT2D eigenvalue weighted by Gasteiger charge is 2.05. The Balaban J connectivity index is 2.13. The Morgan fingerprint density at radius 2 is 1.95 bits per heavy atom. The normalized spacial score (nSPS) is 12.4. The lowest BCUT2D eigenvalue weighted by atomic mass is 10.2. The molecule has 0 radical (unpaired) electrons. The van der Waals surface area contributed by atoms with Gasteiger partial charge in [-0.15, -0.1) is 0 Å². The molecule has 0 heterocycles. The summed E-state index contributed by atoms with van der Waals surface area (Å²) >= 11 is 0. The number of hydrogen-bond acceptors (Lipinski definition) is 5. The highest BCUT2D eigenvalue weighted by Crippen LogP contribution is 2.12. The number of aliphatic hydroxyl groups is 1. The molecule has 0 aliphatic heterocycles. The van der Waals surface area contributed by atoms with Crippen molar-refractivity contribution in [3.05, 3.63) is 29.8 Å². The summed E-state index contributed by atoms with van der Waals surface area (Å²) in [6.07, 6.45) is 0.388. The van der Waals surface area contributed by atoms with Gasteiger partial charge in [0.1, 0.15) is 18.5 Å². The van der Waals surface area contributed by atoms with Gasteiger partial charge in [0.15, 0.2) is 0 Å². The van der Waals surface area contributed by atoms with Crippen LogP contribution in [0.25, 0.3) is 0 Å². The topological polar surface area (TPSA) is 60.0 Å². The summed E-state index contributed by atoms with van der Waals surface area (Å²) in [6.45, 7) is 3.61. The lowest BCUT2D eigenvalue weighted by molar-refractivity contribution is -0.0173. The molecule has 108 valence electrons. The maximum Gasteiger partial charge on any atom is 0.119 e. The van der Waals surface area contributed by atoms with Crippen LogP contribution in [0.4, 0.5) is 0 Å². The molecule has 0 aromatic heterocycles. The van der Waals surface area contributed by atoms with Crippen LogP contribution in [0.3, 0.4) is 0 Å². The largest absolute Gasteiger partial charge is 0.491 e. The van der Waals surface area contributed by atoms with Crippen LogP contribution in [0, 0.1) is 0 Å². The Hall–Kier alpha value is -1.14. The van der Waals surface area contributed by atoms with Crippen LogP contribution in [0.1, 0.15) is 12.5 Å². The van der Waals surface area contributed by atoms with Crippen molar-refractivity contribution in [1.82, 2.24) is 5.48 Å². The molecule has 0 bridgehead atoms. The van der Waals surface area contributed by atoms with Gasteiger partial charge in [0.25, 0.3) is 0 Å². The Morgan fingerprint density at radius 1 is 1.21 bits per heavy atom. The summed E-state index contributed by atoms with van der Waals surface area (Å²) in [7, 11) is 1.61. The fourth-order valence-corrected chi connectivity index (χ4v) is 1.43. The minimum atomic E-state index is -0.617. The van der Waals surface area contributed by atoms with Gasteiger partial charge in [0.2, 0.25) is 0 Å². The van der Waals surface area contributed by atoms with Gasteiger partial charge in [-0.3, -0.25) is 4.84 Å². The number of aryl methyl sites for hydroxylation is 1. The summed E-state index contributed by atoms with van der Waals surface area (Å²) < 4.78 is 10.3. The van der Waals surface area contributed by atoms with Crippen LogP contribution in [0.15, 0.2) is 24.3 Å². The number of ether oxygens (including phenoxy) is 2. The van der Waals surface area contributed by atoms with Crippen LogP contribution >= 0.6 is 0 Å². The Morgan fingerprint density at radius 3 is 2.58 bits per heavy atom. The van der Waals surface area contributed by atoms with Gasteiger partial charge in [0.05, 0.1) is 19.8 Å². The van der Waals surface area contributed by atoms with Gasteiger partial charge in [0, 0.05) is 7.11 Å². The van der Waals surface area contributed by atoms with Crippen molar-refractivity contribution in [2.24, 2.45) is 0 Å². The highest BCUT2D eigenvalue weighted by molar-refractivity contribution is 5.27. The maximum absolute atomic E-state index is 9.67. The standard InChI is InChI=1S/C14H23NO4/c1-3-12-4-6-14(7-5-12)18-11-13(16)10-15-19-9-8-17-2/h4-7,13,15-16H,3,8-11H2,1-2H3. The number of hydroxylamine groups is 1. The van der Waals surface area contributed by atoms with E-state index in [-0.39, 0.29) is 6.61 Å². The van der Waals surface area contributed by atoms with Crippen molar-refractivity contribution in [3.63, 3.8) is 0 Å². The summed E-state index contributed by atoms with van der Waals surface area (Å²) in [5.41, 5.74) is 3.93. The molecule has 0 saturated heterocycles. The quantitative estimate of drug-likeness (QED) is 0.493. The Kier molecular flexibility index (Phi) is 8.16. The van der Waals surface area contributed by atoms with E-state index < -0.39 is 6.10 Å². The van der Waals surface area contributed by atoms with E-state index in [4.69, 9.17) is 14.3 Å². The van der Waals surface area contributed by atoms with Gasteiger partial charge in [-0.05, 0) is 24.1 Å². The van der Waals surface area contributed by atoms with E-state index >= 15 is 0 Å². The second-order valence-corrected chi connectivity index (χ2v) is 4.15. The first-order chi connectivity index (χ1) is 9.26. The van der Waals surface area contributed by atoms with Gasteiger partial charge in [-0.1, -0.05) is 19.1 Å². The van der Waals surface area contributed by atoms with Gasteiger partial charge in [-0.25, -0.2) is 0 Å². The molecule has 0 fully saturated rings. The molecule has 1 atom stereocenters. The van der Waals surface area contributed by atoms with E-state index in [0.29, 0.717) is 19.8 Å². The van der Waals surface area contributed by atoms with Crippen molar-refractivity contribution in [1.29, 1.82) is 0 Å².